The van der Waals surface area contributed by atoms with E-state index in [4.69, 9.17) is 4.74 Å². The molecule has 0 aliphatic carbocycles. The second-order valence-electron chi connectivity index (χ2n) is 2.06. The van der Waals surface area contributed by atoms with Crippen LogP contribution in [0.4, 0.5) is 3.89 Å². The summed E-state index contributed by atoms with van der Waals surface area (Å²) in [7, 11) is -3.25. The minimum absolute atomic E-state index is 0.187. The van der Waals surface area contributed by atoms with E-state index in [1.165, 1.54) is 4.90 Å². The van der Waals surface area contributed by atoms with Crippen molar-refractivity contribution >= 4 is 16.4 Å². The maximum absolute atomic E-state index is 11.9. The van der Waals surface area contributed by atoms with E-state index >= 15 is 0 Å². The number of amidine groups is 1. The first-order valence-corrected chi connectivity index (χ1v) is 4.21. The molecule has 0 radical (unpaired) electrons. The molecule has 0 amide bonds. The van der Waals surface area contributed by atoms with E-state index in [-0.39, 0.29) is 6.02 Å². The zero-order chi connectivity index (χ0) is 8.48. The Balaban J connectivity index is 2.82. The van der Waals surface area contributed by atoms with Gasteiger partial charge in [0.15, 0.2) is 0 Å². The molecule has 1 rings (SSSR count). The first-order chi connectivity index (χ1) is 4.99. The lowest BCUT2D eigenvalue weighted by Gasteiger charge is -2.04. The van der Waals surface area contributed by atoms with Crippen LogP contribution in [0.1, 0.15) is 0 Å². The minimum Gasteiger partial charge on any atom is -0.462 e. The highest BCUT2D eigenvalue weighted by molar-refractivity contribution is 7.85. The van der Waals surface area contributed by atoms with Gasteiger partial charge >= 0.3 is 16.4 Å². The van der Waals surface area contributed by atoms with E-state index in [2.05, 4.69) is 4.40 Å². The quantitative estimate of drug-likeness (QED) is 0.514. The van der Waals surface area contributed by atoms with Crippen molar-refractivity contribution in [3.05, 3.63) is 0 Å². The molecule has 1 fully saturated rings. The lowest BCUT2D eigenvalue weighted by molar-refractivity contribution is 0.352. The smallest absolute Gasteiger partial charge is 0.422 e. The monoisotopic (exact) mass is 182 g/mol. The van der Waals surface area contributed by atoms with Crippen molar-refractivity contribution in [2.45, 2.75) is 0 Å². The molecule has 1 aliphatic heterocycles. The zero-order valence-corrected chi connectivity index (χ0v) is 6.64. The third kappa shape index (κ3) is 2.34. The van der Waals surface area contributed by atoms with Crippen LogP contribution in [0.25, 0.3) is 0 Å². The predicted octanol–water partition coefficient (Wildman–Crippen LogP) is -0.481. The third-order valence-electron chi connectivity index (χ3n) is 1.17. The Kier molecular flexibility index (Phi) is 1.99. The second kappa shape index (κ2) is 2.65. The Labute approximate surface area is 63.8 Å². The molecule has 0 aromatic heterocycles. The van der Waals surface area contributed by atoms with Gasteiger partial charge < -0.3 is 9.64 Å². The number of halogens is 1. The zero-order valence-electron chi connectivity index (χ0n) is 5.82. The van der Waals surface area contributed by atoms with Gasteiger partial charge in [0.1, 0.15) is 6.61 Å². The Bertz CT molecular complexity index is 273. The van der Waals surface area contributed by atoms with Gasteiger partial charge in [-0.25, -0.2) is 0 Å². The number of hydrogen-bond acceptors (Lipinski definition) is 3. The first-order valence-electron chi connectivity index (χ1n) is 2.87. The molecular formula is C4H7FN2O3S. The first kappa shape index (κ1) is 8.25. The number of hydrogen-bond donors (Lipinski definition) is 0. The van der Waals surface area contributed by atoms with Crippen molar-refractivity contribution in [3.8, 4) is 0 Å². The van der Waals surface area contributed by atoms with Crippen molar-refractivity contribution in [1.29, 1.82) is 0 Å². The molecule has 0 aromatic rings. The maximum Gasteiger partial charge on any atom is 0.422 e. The van der Waals surface area contributed by atoms with Gasteiger partial charge in [-0.1, -0.05) is 8.28 Å². The summed E-state index contributed by atoms with van der Waals surface area (Å²) in [5, 5.41) is 0. The fraction of sp³-hybridized carbons (Fsp3) is 0.750. The minimum atomic E-state index is -4.82. The average molecular weight is 182 g/mol. The average Bonchev–Trinajstić information content (AvgIpc) is 2.12. The molecular weight excluding hydrogens is 175 g/mol. The van der Waals surface area contributed by atoms with E-state index < -0.39 is 10.4 Å². The van der Waals surface area contributed by atoms with E-state index in [9.17, 15) is 12.3 Å². The normalized spacial score (nSPS) is 22.4. The van der Waals surface area contributed by atoms with Gasteiger partial charge in [-0.3, -0.25) is 0 Å². The molecule has 0 spiro atoms. The third-order valence-corrected chi connectivity index (χ3v) is 1.55. The van der Waals surface area contributed by atoms with Crippen LogP contribution in [-0.4, -0.2) is 39.5 Å². The van der Waals surface area contributed by atoms with E-state index in [1.807, 2.05) is 0 Å². The van der Waals surface area contributed by atoms with Gasteiger partial charge in [-0.15, -0.1) is 0 Å². The molecule has 5 nitrogen and oxygen atoms in total. The highest BCUT2D eigenvalue weighted by Gasteiger charge is 2.19. The molecule has 0 saturated carbocycles. The van der Waals surface area contributed by atoms with Crippen molar-refractivity contribution < 1.29 is 17.0 Å². The van der Waals surface area contributed by atoms with Crippen molar-refractivity contribution in [1.82, 2.24) is 4.90 Å². The molecule has 1 aliphatic rings. The summed E-state index contributed by atoms with van der Waals surface area (Å²) in [6.45, 7) is 0.860. The van der Waals surface area contributed by atoms with E-state index in [0.717, 1.165) is 0 Å². The number of likely N-dealkylation sites (N-methyl/N-ethyl adjacent to an activating group) is 1. The molecule has 7 heteroatoms. The van der Waals surface area contributed by atoms with Crippen LogP contribution in [0.2, 0.25) is 0 Å². The Morgan fingerprint density at radius 1 is 1.73 bits per heavy atom. The summed E-state index contributed by atoms with van der Waals surface area (Å²) >= 11 is 0. The fourth-order valence-corrected chi connectivity index (χ4v) is 1.05. The molecule has 1 saturated heterocycles. The topological polar surface area (TPSA) is 59.0 Å². The molecule has 0 N–H and O–H groups in total. The standard InChI is InChI=1S/C4H7FN2O3S/c1-7-2-3-10-4(7)6-11(5,8)9/h2-3H2,1H3. The highest BCUT2D eigenvalue weighted by Crippen LogP contribution is 2.03. The summed E-state index contributed by atoms with van der Waals surface area (Å²) in [6.07, 6.45) is 0. The molecule has 11 heavy (non-hydrogen) atoms. The maximum atomic E-state index is 11.9. The molecule has 1 heterocycles. The molecule has 64 valence electrons. The summed E-state index contributed by atoms with van der Waals surface area (Å²) in [4.78, 5) is 1.41. The second-order valence-corrected chi connectivity index (χ2v) is 3.06. The van der Waals surface area contributed by atoms with Crippen LogP contribution in [0.5, 0.6) is 0 Å². The Morgan fingerprint density at radius 2 is 2.36 bits per heavy atom. The van der Waals surface area contributed by atoms with Gasteiger partial charge in [-0.2, -0.15) is 8.42 Å². The highest BCUT2D eigenvalue weighted by atomic mass is 32.3. The van der Waals surface area contributed by atoms with Crippen LogP contribution in [-0.2, 0) is 15.1 Å². The van der Waals surface area contributed by atoms with Crippen molar-refractivity contribution in [3.63, 3.8) is 0 Å². The lowest BCUT2D eigenvalue weighted by Crippen LogP contribution is -2.20. The fourth-order valence-electron chi connectivity index (χ4n) is 0.669. The van der Waals surface area contributed by atoms with Crippen LogP contribution in [0.3, 0.4) is 0 Å². The van der Waals surface area contributed by atoms with Gasteiger partial charge in [0.25, 0.3) is 0 Å². The van der Waals surface area contributed by atoms with Crippen LogP contribution in [0.15, 0.2) is 4.40 Å². The van der Waals surface area contributed by atoms with E-state index in [1.54, 1.807) is 7.05 Å². The molecule has 0 aromatic carbocycles. The number of ether oxygens (including phenoxy) is 1. The van der Waals surface area contributed by atoms with Crippen molar-refractivity contribution in [2.24, 2.45) is 4.40 Å². The molecule has 0 atom stereocenters. The predicted molar refractivity (Wildman–Crippen MR) is 36.0 cm³/mol. The van der Waals surface area contributed by atoms with Gasteiger partial charge in [-0.05, 0) is 0 Å². The summed E-state index contributed by atoms with van der Waals surface area (Å²) in [5.74, 6) is 0. The molecule has 0 unspecified atom stereocenters. The Morgan fingerprint density at radius 3 is 2.73 bits per heavy atom. The van der Waals surface area contributed by atoms with Crippen molar-refractivity contribution in [2.75, 3.05) is 20.2 Å². The van der Waals surface area contributed by atoms with Gasteiger partial charge in [0, 0.05) is 7.05 Å². The van der Waals surface area contributed by atoms with Crippen LogP contribution < -0.4 is 0 Å². The van der Waals surface area contributed by atoms with Crippen LogP contribution >= 0.6 is 0 Å². The molecule has 0 bridgehead atoms. The summed E-state index contributed by atoms with van der Waals surface area (Å²) in [5.41, 5.74) is 0. The Hall–Kier alpha value is -0.850. The number of nitrogens with zero attached hydrogens (tertiary/aromatic N) is 2. The van der Waals surface area contributed by atoms with E-state index in [0.29, 0.717) is 13.2 Å². The van der Waals surface area contributed by atoms with Gasteiger partial charge in [0.2, 0.25) is 0 Å². The number of rotatable bonds is 1. The summed E-state index contributed by atoms with van der Waals surface area (Å²) in [6, 6.07) is -0.187. The lowest BCUT2D eigenvalue weighted by atomic mass is 10.7. The van der Waals surface area contributed by atoms with Crippen LogP contribution in [0, 0.1) is 0 Å². The SMILES string of the molecule is CN1CCOC1=NS(=O)(=O)F. The van der Waals surface area contributed by atoms with Gasteiger partial charge in [0.05, 0.1) is 6.54 Å². The summed E-state index contributed by atoms with van der Waals surface area (Å²) < 4.78 is 39.2. The largest absolute Gasteiger partial charge is 0.462 e.